The van der Waals surface area contributed by atoms with E-state index >= 15 is 0 Å². The van der Waals surface area contributed by atoms with Crippen LogP contribution in [0.5, 0.6) is 46.0 Å². The molecule has 149 heavy (non-hydrogen) atoms. The minimum Gasteiger partial charge on any atom is -0.491 e. The third-order valence-corrected chi connectivity index (χ3v) is 25.4. The molecule has 2 aliphatic rings. The van der Waals surface area contributed by atoms with E-state index in [1.165, 1.54) is 0 Å². The summed E-state index contributed by atoms with van der Waals surface area (Å²) < 4.78 is 143. The van der Waals surface area contributed by atoms with Gasteiger partial charge in [-0.05, 0) is 203 Å². The van der Waals surface area contributed by atoms with Crippen LogP contribution in [-0.2, 0) is 112 Å². The van der Waals surface area contributed by atoms with Crippen molar-refractivity contribution in [2.45, 2.75) is 36.5 Å². The van der Waals surface area contributed by atoms with Crippen LogP contribution in [0.3, 0.4) is 0 Å². The largest absolute Gasteiger partial charge is 0.491 e. The second-order valence-corrected chi connectivity index (χ2v) is 36.4. The van der Waals surface area contributed by atoms with Crippen molar-refractivity contribution in [1.29, 1.82) is 0 Å². The molecule has 0 amide bonds. The minimum atomic E-state index is -0.784. The lowest BCUT2D eigenvalue weighted by Crippen LogP contribution is -2.31. The Hall–Kier alpha value is -11.9. The molecule has 0 saturated carbocycles. The predicted octanol–water partition coefficient (Wildman–Crippen LogP) is 22.4. The summed E-state index contributed by atoms with van der Waals surface area (Å²) in [6.07, 6.45) is 20.7. The topological polar surface area (TPSA) is 222 Å². The Morgan fingerprint density at radius 3 is 0.550 bits per heavy atom. The molecule has 0 aromatic heterocycles. The van der Waals surface area contributed by atoms with Gasteiger partial charge in [0.25, 0.3) is 0 Å². The number of methoxy groups -OCH3 is 8. The van der Waals surface area contributed by atoms with E-state index in [1.807, 2.05) is 66.8 Å². The second-order valence-electron chi connectivity index (χ2n) is 35.5. The van der Waals surface area contributed by atoms with Crippen LogP contribution in [-0.4, -0.2) is 268 Å². The monoisotopic (exact) mass is 2100 g/mol. The van der Waals surface area contributed by atoms with Crippen molar-refractivity contribution in [2.24, 2.45) is 0 Å². The Morgan fingerprint density at radius 1 is 0.188 bits per heavy atom. The van der Waals surface area contributed by atoms with Gasteiger partial charge in [-0.2, -0.15) is 0 Å². The first-order valence-electron chi connectivity index (χ1n) is 50.8. The molecule has 2 aliphatic carbocycles. The standard InChI is InChI=1S/C114H137BrO24.C10H10/c1-10-85-11-13-86(14-12-85)19-22-89-25-29-105-106-30-26-90(74-110(106)113(109(105)73-89,81-92-65-97(132-57-49-124-41-33-116-2)77-98(66-92)133-58-50-125-42-34-117-3)82-93-67-99(134-59-51-126-43-35-118-4)78-100(68-93)135-60-52-127-44-36-119-5)23-20-87-15-17-88(18-16-87)21-24-91-27-31-107-108-32-28-96(115)76-112(108)114(111(107)75-91,83-94-69-101(136-61-53-128-45-37-120-6)79-102(70-94)137-62-54-129-46-38-121-7)84-95-71-103(138-63-55-130-47-39-122-8)80-104(72-95)139-64-56-131-48-40-123-9;1-3-9-5-7-10(4-2)8-6-9/h10-32,65-80H,1,33-64,81-84H2,2-9H3;3-8H,1-2H2/b22-19+,23-20+,24-21+;. The lowest BCUT2D eigenvalue weighted by molar-refractivity contribution is 0.0532. The lowest BCUT2D eigenvalue weighted by Gasteiger charge is -2.34. The highest BCUT2D eigenvalue weighted by Crippen LogP contribution is 2.56. The van der Waals surface area contributed by atoms with Crippen LogP contribution in [0.15, 0.2) is 243 Å². The zero-order chi connectivity index (χ0) is 105. The molecule has 0 saturated heterocycles. The highest BCUT2D eigenvalue weighted by atomic mass is 79.9. The molecule has 0 heterocycles. The fourth-order valence-electron chi connectivity index (χ4n) is 17.7. The van der Waals surface area contributed by atoms with Crippen molar-refractivity contribution in [2.75, 3.05) is 268 Å². The van der Waals surface area contributed by atoms with Gasteiger partial charge in [0.15, 0.2) is 0 Å². The number of rotatable bonds is 73. The van der Waals surface area contributed by atoms with Crippen LogP contribution in [0.1, 0.15) is 94.6 Å². The highest BCUT2D eigenvalue weighted by molar-refractivity contribution is 9.10. The van der Waals surface area contributed by atoms with Crippen LogP contribution in [0.2, 0.25) is 0 Å². The quantitative estimate of drug-likeness (QED) is 0.0255. The molecule has 13 rings (SSSR count). The molecular weight excluding hydrogens is 1950 g/mol. The average Bonchev–Trinajstić information content (AvgIpc) is 1.56. The van der Waals surface area contributed by atoms with E-state index in [-0.39, 0.29) is 0 Å². The van der Waals surface area contributed by atoms with Crippen LogP contribution < -0.4 is 37.9 Å². The smallest absolute Gasteiger partial charge is 0.123 e. The number of benzene rings is 11. The van der Waals surface area contributed by atoms with Gasteiger partial charge in [-0.25, -0.2) is 0 Å². The van der Waals surface area contributed by atoms with E-state index in [4.69, 9.17) is 114 Å². The van der Waals surface area contributed by atoms with Gasteiger partial charge in [-0.3, -0.25) is 0 Å². The van der Waals surface area contributed by atoms with Crippen molar-refractivity contribution in [3.05, 3.63) is 337 Å². The Labute approximate surface area is 889 Å². The fourth-order valence-corrected chi connectivity index (χ4v) is 18.1. The summed E-state index contributed by atoms with van der Waals surface area (Å²) in [6, 6.07) is 77.1. The maximum atomic E-state index is 6.62. The zero-order valence-corrected chi connectivity index (χ0v) is 89.3. The number of halogens is 1. The molecule has 0 atom stereocenters. The summed E-state index contributed by atoms with van der Waals surface area (Å²) in [5.74, 6) is 5.12. The Balaban J connectivity index is 0.00000186. The number of hydrogen-bond donors (Lipinski definition) is 0. The summed E-state index contributed by atoms with van der Waals surface area (Å²) in [7, 11) is 13.3. The van der Waals surface area contributed by atoms with Crippen molar-refractivity contribution in [3.8, 4) is 68.2 Å². The van der Waals surface area contributed by atoms with Crippen molar-refractivity contribution in [3.63, 3.8) is 0 Å². The average molecular weight is 2100 g/mol. The van der Waals surface area contributed by atoms with Gasteiger partial charge in [0.2, 0.25) is 0 Å². The Bertz CT molecular complexity index is 5610. The molecule has 0 aliphatic heterocycles. The van der Waals surface area contributed by atoms with Gasteiger partial charge in [0, 0.05) is 96.4 Å². The van der Waals surface area contributed by atoms with E-state index in [1.54, 1.807) is 56.9 Å². The van der Waals surface area contributed by atoms with Crippen LogP contribution in [0, 0.1) is 0 Å². The third-order valence-electron chi connectivity index (χ3n) is 24.9. The molecule has 11 aromatic carbocycles. The fraction of sp³-hybridized carbons (Fsp3) is 0.371. The van der Waals surface area contributed by atoms with E-state index in [2.05, 4.69) is 242 Å². The van der Waals surface area contributed by atoms with Crippen LogP contribution in [0.4, 0.5) is 0 Å². The van der Waals surface area contributed by atoms with Gasteiger partial charge in [0.05, 0.1) is 159 Å². The first-order chi connectivity index (χ1) is 73.2. The second kappa shape index (κ2) is 65.3. The Morgan fingerprint density at radius 2 is 0.356 bits per heavy atom. The van der Waals surface area contributed by atoms with Gasteiger partial charge in [0.1, 0.15) is 98.9 Å². The normalized spacial score (nSPS) is 12.5. The van der Waals surface area contributed by atoms with Crippen molar-refractivity contribution in [1.82, 2.24) is 0 Å². The van der Waals surface area contributed by atoms with Gasteiger partial charge in [-0.15, -0.1) is 0 Å². The van der Waals surface area contributed by atoms with Crippen molar-refractivity contribution < 1.29 is 114 Å². The number of hydrogen-bond acceptors (Lipinski definition) is 24. The molecule has 0 radical (unpaired) electrons. The number of ether oxygens (including phenoxy) is 24. The summed E-state index contributed by atoms with van der Waals surface area (Å²) >= 11 is 3.97. The molecular formula is C124H147BrO24. The van der Waals surface area contributed by atoms with Gasteiger partial charge >= 0.3 is 0 Å². The maximum Gasteiger partial charge on any atom is 0.123 e. The van der Waals surface area contributed by atoms with E-state index in [0.29, 0.717) is 283 Å². The molecule has 0 spiro atoms. The zero-order valence-electron chi connectivity index (χ0n) is 87.7. The summed E-state index contributed by atoms with van der Waals surface area (Å²) in [5.41, 5.74) is 21.0. The first kappa shape index (κ1) is 116. The summed E-state index contributed by atoms with van der Waals surface area (Å²) in [6.45, 7) is 24.0. The molecule has 0 unspecified atom stereocenters. The third kappa shape index (κ3) is 37.6. The summed E-state index contributed by atoms with van der Waals surface area (Å²) in [4.78, 5) is 0. The van der Waals surface area contributed by atoms with E-state index in [9.17, 15) is 0 Å². The summed E-state index contributed by atoms with van der Waals surface area (Å²) in [5, 5.41) is 0. The molecule has 0 fully saturated rings. The van der Waals surface area contributed by atoms with Gasteiger partial charge < -0.3 is 114 Å². The maximum absolute atomic E-state index is 6.62. The Kier molecular flexibility index (Phi) is 50.7. The molecule has 0 bridgehead atoms. The lowest BCUT2D eigenvalue weighted by atomic mass is 9.69. The van der Waals surface area contributed by atoms with Crippen molar-refractivity contribution >= 4 is 70.6 Å². The van der Waals surface area contributed by atoms with Gasteiger partial charge in [-0.1, -0.05) is 224 Å². The molecule has 25 heteroatoms. The SMILES string of the molecule is C=Cc1ccc(/C=C/c2ccc3c(c2)C(Cc2cc(OCCOCCOC)cc(OCCOCCOC)c2)(Cc2cc(OCCOCCOC)cc(OCCOCCOC)c2)c2cc(/C=C/c4ccc(/C=C/c5ccc6c(c5)C(Cc5cc(OCCOCCOC)cc(OCCOCCOC)c5)(Cc5cc(OCCOCCOC)cc(OCCOCCOC)c5)c5cc(Br)ccc5-6)cc4)ccc2-3)cc1.C=Cc1ccc(C=C)cc1. The molecule has 24 nitrogen and oxygen atoms in total. The van der Waals surface area contributed by atoms with E-state index in [0.717, 1.165) is 121 Å². The predicted molar refractivity (Wildman–Crippen MR) is 596 cm³/mol. The van der Waals surface area contributed by atoms with Crippen LogP contribution >= 0.6 is 15.9 Å². The highest BCUT2D eigenvalue weighted by Gasteiger charge is 2.46. The molecule has 794 valence electrons. The van der Waals surface area contributed by atoms with E-state index < -0.39 is 10.8 Å². The molecule has 11 aromatic rings. The molecule has 0 N–H and O–H groups in total. The number of fused-ring (bicyclic) bond motifs is 6. The first-order valence-corrected chi connectivity index (χ1v) is 51.6. The van der Waals surface area contributed by atoms with Crippen LogP contribution in [0.25, 0.3) is 76.9 Å². The minimum absolute atomic E-state index is 0.298.